The van der Waals surface area contributed by atoms with E-state index in [4.69, 9.17) is 9.26 Å². The SMILES string of the molecule is O=C(NCCc1nc(Cc2ccccc2)no1)[C@H]1CNCCO1. The number of hydrogen-bond acceptors (Lipinski definition) is 6. The number of nitrogens with zero attached hydrogens (tertiary/aromatic N) is 2. The van der Waals surface area contributed by atoms with Crippen molar-refractivity contribution in [1.29, 1.82) is 0 Å². The number of nitrogens with one attached hydrogen (secondary N) is 2. The summed E-state index contributed by atoms with van der Waals surface area (Å²) in [6, 6.07) is 9.98. The van der Waals surface area contributed by atoms with Gasteiger partial charge in [0.05, 0.1) is 6.61 Å². The van der Waals surface area contributed by atoms with Crippen LogP contribution in [-0.4, -0.2) is 48.4 Å². The largest absolute Gasteiger partial charge is 0.366 e. The smallest absolute Gasteiger partial charge is 0.250 e. The maximum absolute atomic E-state index is 11.9. The van der Waals surface area contributed by atoms with Crippen LogP contribution in [0.5, 0.6) is 0 Å². The molecular weight excluding hydrogens is 296 g/mol. The zero-order valence-electron chi connectivity index (χ0n) is 12.8. The molecule has 1 amide bonds. The van der Waals surface area contributed by atoms with Crippen molar-refractivity contribution < 1.29 is 14.1 Å². The topological polar surface area (TPSA) is 89.3 Å². The highest BCUT2D eigenvalue weighted by molar-refractivity contribution is 5.81. The molecule has 7 heteroatoms. The first-order chi connectivity index (χ1) is 11.3. The third-order valence-corrected chi connectivity index (χ3v) is 3.57. The lowest BCUT2D eigenvalue weighted by molar-refractivity contribution is -0.134. The molecule has 0 unspecified atom stereocenters. The number of carbonyl (C=O) groups excluding carboxylic acids is 1. The Kier molecular flexibility index (Phi) is 5.33. The average molecular weight is 316 g/mol. The maximum Gasteiger partial charge on any atom is 0.250 e. The highest BCUT2D eigenvalue weighted by Crippen LogP contribution is 2.06. The Morgan fingerprint density at radius 2 is 2.22 bits per heavy atom. The monoisotopic (exact) mass is 316 g/mol. The van der Waals surface area contributed by atoms with E-state index in [0.29, 0.717) is 44.3 Å². The lowest BCUT2D eigenvalue weighted by Crippen LogP contribution is -2.48. The number of carbonyl (C=O) groups is 1. The Morgan fingerprint density at radius 1 is 1.35 bits per heavy atom. The Morgan fingerprint density at radius 3 is 3.00 bits per heavy atom. The maximum atomic E-state index is 11.9. The van der Waals surface area contributed by atoms with E-state index in [0.717, 1.165) is 12.1 Å². The number of benzene rings is 1. The fraction of sp³-hybridized carbons (Fsp3) is 0.438. The lowest BCUT2D eigenvalue weighted by Gasteiger charge is -2.22. The van der Waals surface area contributed by atoms with E-state index in [1.165, 1.54) is 0 Å². The Balaban J connectivity index is 1.43. The summed E-state index contributed by atoms with van der Waals surface area (Å²) in [5, 5.41) is 9.92. The van der Waals surface area contributed by atoms with E-state index >= 15 is 0 Å². The van der Waals surface area contributed by atoms with Crippen LogP contribution in [-0.2, 0) is 22.4 Å². The molecule has 0 aliphatic carbocycles. The Bertz CT molecular complexity index is 623. The second kappa shape index (κ2) is 7.85. The molecule has 1 aliphatic rings. The standard InChI is InChI=1S/C16H20N4O3/c21-16(13-11-17-8-9-22-13)18-7-6-15-19-14(20-23-15)10-12-4-2-1-3-5-12/h1-5,13,17H,6-11H2,(H,18,21)/t13-/m1/s1. The first kappa shape index (κ1) is 15.6. The molecule has 2 aromatic rings. The van der Waals surface area contributed by atoms with Gasteiger partial charge in [0, 0.05) is 32.5 Å². The minimum atomic E-state index is -0.417. The summed E-state index contributed by atoms with van der Waals surface area (Å²) < 4.78 is 10.6. The summed E-state index contributed by atoms with van der Waals surface area (Å²) in [5.74, 6) is 1.07. The van der Waals surface area contributed by atoms with Crippen LogP contribution >= 0.6 is 0 Å². The molecule has 122 valence electrons. The van der Waals surface area contributed by atoms with Crippen molar-refractivity contribution >= 4 is 5.91 Å². The minimum absolute atomic E-state index is 0.110. The zero-order chi connectivity index (χ0) is 15.9. The van der Waals surface area contributed by atoms with Gasteiger partial charge in [-0.3, -0.25) is 4.79 Å². The van der Waals surface area contributed by atoms with Crippen LogP contribution in [0.4, 0.5) is 0 Å². The van der Waals surface area contributed by atoms with Gasteiger partial charge in [-0.25, -0.2) is 0 Å². The number of aromatic nitrogens is 2. The second-order valence-electron chi connectivity index (χ2n) is 5.37. The van der Waals surface area contributed by atoms with E-state index in [1.807, 2.05) is 30.3 Å². The van der Waals surface area contributed by atoms with Crippen LogP contribution < -0.4 is 10.6 Å². The molecular formula is C16H20N4O3. The second-order valence-corrected chi connectivity index (χ2v) is 5.37. The van der Waals surface area contributed by atoms with Crippen molar-refractivity contribution in [3.63, 3.8) is 0 Å². The molecule has 1 fully saturated rings. The third-order valence-electron chi connectivity index (χ3n) is 3.57. The van der Waals surface area contributed by atoms with E-state index in [-0.39, 0.29) is 5.91 Å². The molecule has 3 rings (SSSR count). The highest BCUT2D eigenvalue weighted by atomic mass is 16.5. The zero-order valence-corrected chi connectivity index (χ0v) is 12.8. The Labute approximate surface area is 134 Å². The quantitative estimate of drug-likeness (QED) is 0.797. The van der Waals surface area contributed by atoms with Gasteiger partial charge in [0.1, 0.15) is 6.10 Å². The van der Waals surface area contributed by atoms with Crippen LogP contribution in [0.1, 0.15) is 17.3 Å². The summed E-state index contributed by atoms with van der Waals surface area (Å²) in [7, 11) is 0. The van der Waals surface area contributed by atoms with E-state index < -0.39 is 6.10 Å². The highest BCUT2D eigenvalue weighted by Gasteiger charge is 2.21. The minimum Gasteiger partial charge on any atom is -0.366 e. The predicted molar refractivity (Wildman–Crippen MR) is 82.9 cm³/mol. The molecule has 2 N–H and O–H groups in total. The van der Waals surface area contributed by atoms with Gasteiger partial charge in [0.25, 0.3) is 0 Å². The Hall–Kier alpha value is -2.25. The van der Waals surface area contributed by atoms with Crippen LogP contribution in [0.15, 0.2) is 34.9 Å². The van der Waals surface area contributed by atoms with Crippen LogP contribution in [0.25, 0.3) is 0 Å². The van der Waals surface area contributed by atoms with Crippen molar-refractivity contribution in [2.75, 3.05) is 26.2 Å². The van der Waals surface area contributed by atoms with Gasteiger partial charge in [0.15, 0.2) is 5.82 Å². The summed E-state index contributed by atoms with van der Waals surface area (Å²) in [4.78, 5) is 16.2. The van der Waals surface area contributed by atoms with Crippen molar-refractivity contribution in [1.82, 2.24) is 20.8 Å². The number of amides is 1. The molecule has 0 saturated carbocycles. The summed E-state index contributed by atoms with van der Waals surface area (Å²) >= 11 is 0. The molecule has 7 nitrogen and oxygen atoms in total. The summed E-state index contributed by atoms with van der Waals surface area (Å²) in [6.45, 7) is 2.35. The normalized spacial score (nSPS) is 17.8. The van der Waals surface area contributed by atoms with Gasteiger partial charge in [-0.15, -0.1) is 0 Å². The van der Waals surface area contributed by atoms with Crippen LogP contribution in [0.2, 0.25) is 0 Å². The molecule has 1 aliphatic heterocycles. The molecule has 1 saturated heterocycles. The molecule has 1 atom stereocenters. The van der Waals surface area contributed by atoms with E-state index in [2.05, 4.69) is 20.8 Å². The number of hydrogen-bond donors (Lipinski definition) is 2. The molecule has 0 bridgehead atoms. The molecule has 0 radical (unpaired) electrons. The van der Waals surface area contributed by atoms with Gasteiger partial charge in [-0.1, -0.05) is 35.5 Å². The van der Waals surface area contributed by atoms with Crippen molar-refractivity contribution in [3.8, 4) is 0 Å². The van der Waals surface area contributed by atoms with Gasteiger partial charge < -0.3 is 19.9 Å². The third kappa shape index (κ3) is 4.61. The lowest BCUT2D eigenvalue weighted by atomic mass is 10.1. The van der Waals surface area contributed by atoms with Crippen LogP contribution in [0, 0.1) is 0 Å². The average Bonchev–Trinajstić information content (AvgIpc) is 3.04. The molecule has 1 aromatic carbocycles. The fourth-order valence-electron chi connectivity index (χ4n) is 2.38. The van der Waals surface area contributed by atoms with Gasteiger partial charge >= 0.3 is 0 Å². The number of morpholine rings is 1. The van der Waals surface area contributed by atoms with E-state index in [9.17, 15) is 4.79 Å². The van der Waals surface area contributed by atoms with Gasteiger partial charge in [-0.2, -0.15) is 4.98 Å². The molecule has 0 spiro atoms. The first-order valence-corrected chi connectivity index (χ1v) is 7.76. The first-order valence-electron chi connectivity index (χ1n) is 7.76. The van der Waals surface area contributed by atoms with Crippen molar-refractivity contribution in [2.24, 2.45) is 0 Å². The van der Waals surface area contributed by atoms with Crippen molar-refractivity contribution in [2.45, 2.75) is 18.9 Å². The number of ether oxygens (including phenoxy) is 1. The van der Waals surface area contributed by atoms with Gasteiger partial charge in [0.2, 0.25) is 11.8 Å². The number of rotatable bonds is 6. The summed E-state index contributed by atoms with van der Waals surface area (Å²) in [6.07, 6.45) is 0.728. The van der Waals surface area contributed by atoms with E-state index in [1.54, 1.807) is 0 Å². The van der Waals surface area contributed by atoms with Gasteiger partial charge in [-0.05, 0) is 5.56 Å². The van der Waals surface area contributed by atoms with Crippen molar-refractivity contribution in [3.05, 3.63) is 47.6 Å². The predicted octanol–water partition coefficient (Wildman–Crippen LogP) is 0.307. The molecule has 2 heterocycles. The fourth-order valence-corrected chi connectivity index (χ4v) is 2.38. The van der Waals surface area contributed by atoms with Crippen LogP contribution in [0.3, 0.4) is 0 Å². The molecule has 23 heavy (non-hydrogen) atoms. The molecule has 1 aromatic heterocycles. The summed E-state index contributed by atoms with van der Waals surface area (Å²) in [5.41, 5.74) is 1.13.